The molecule has 0 aromatic heterocycles. The molecule has 0 radical (unpaired) electrons. The number of aliphatic hydroxyl groups excluding tert-OH is 2. The molecule has 2 N–H and O–H groups in total. The van der Waals surface area contributed by atoms with Crippen molar-refractivity contribution in [1.29, 1.82) is 5.26 Å². The molecule has 0 bridgehead atoms. The van der Waals surface area contributed by atoms with Gasteiger partial charge in [0.15, 0.2) is 0 Å². The number of rotatable bonds is 7. The van der Waals surface area contributed by atoms with Crippen molar-refractivity contribution >= 4 is 23.2 Å². The molecule has 7 heteroatoms. The van der Waals surface area contributed by atoms with Crippen molar-refractivity contribution in [2.24, 2.45) is 0 Å². The molecule has 2 aromatic carbocycles. The molecule has 1 heterocycles. The number of aryl methyl sites for hydroxylation is 1. The third kappa shape index (κ3) is 4.88. The second-order valence-corrected chi connectivity index (χ2v) is 7.73. The lowest BCUT2D eigenvalue weighted by atomic mass is 10.1. The Hall–Kier alpha value is -2.59. The van der Waals surface area contributed by atoms with E-state index in [1.807, 2.05) is 31.2 Å². The van der Waals surface area contributed by atoms with E-state index in [0.29, 0.717) is 30.1 Å². The smallest absolute Gasteiger partial charge is 0.224 e. The third-order valence-electron chi connectivity index (χ3n) is 5.28. The maximum Gasteiger partial charge on any atom is 0.224 e. The minimum atomic E-state index is -0.952. The molecular weight excluding hydrogens is 390 g/mol. The number of hydrogen-bond donors (Lipinski definition) is 2. The van der Waals surface area contributed by atoms with E-state index < -0.39 is 6.10 Å². The molecule has 6 nitrogen and oxygen atoms in total. The predicted octanol–water partition coefficient (Wildman–Crippen LogP) is 2.48. The summed E-state index contributed by atoms with van der Waals surface area (Å²) in [6.07, 6.45) is -0.645. The van der Waals surface area contributed by atoms with Gasteiger partial charge in [0.1, 0.15) is 6.07 Å². The van der Waals surface area contributed by atoms with Crippen LogP contribution in [-0.2, 0) is 11.3 Å². The summed E-state index contributed by atoms with van der Waals surface area (Å²) in [4.78, 5) is 16.2. The first-order valence-electron chi connectivity index (χ1n) is 9.50. The van der Waals surface area contributed by atoms with Crippen molar-refractivity contribution in [1.82, 2.24) is 4.90 Å². The van der Waals surface area contributed by atoms with Gasteiger partial charge in [0.2, 0.25) is 5.91 Å². The number of halogens is 1. The van der Waals surface area contributed by atoms with Gasteiger partial charge in [-0.25, -0.2) is 0 Å². The summed E-state index contributed by atoms with van der Waals surface area (Å²) in [5.74, 6) is -0.0583. The Morgan fingerprint density at radius 1 is 1.34 bits per heavy atom. The van der Waals surface area contributed by atoms with E-state index >= 15 is 0 Å². The number of nitrogens with zero attached hydrogens (tertiary/aromatic N) is 3. The molecule has 1 aliphatic heterocycles. The van der Waals surface area contributed by atoms with Crippen LogP contribution in [0.4, 0.5) is 5.69 Å². The Labute approximate surface area is 175 Å². The van der Waals surface area contributed by atoms with E-state index in [9.17, 15) is 9.90 Å². The predicted molar refractivity (Wildman–Crippen MR) is 112 cm³/mol. The summed E-state index contributed by atoms with van der Waals surface area (Å²) in [5.41, 5.74) is 3.52. The van der Waals surface area contributed by atoms with Crippen LogP contribution in [0.25, 0.3) is 0 Å². The molecular formula is C22H24ClN3O3. The Kier molecular flexibility index (Phi) is 6.75. The lowest BCUT2D eigenvalue weighted by Gasteiger charge is -2.32. The molecule has 3 rings (SSSR count). The molecule has 152 valence electrons. The highest BCUT2D eigenvalue weighted by Gasteiger charge is 2.35. The SMILES string of the molecule is Cc1ccccc1CN(c1ccc(C#N)c(Cl)c1)C1CC(=O)N(CC(O)CO)C1. The zero-order chi connectivity index (χ0) is 21.0. The van der Waals surface area contributed by atoms with Crippen molar-refractivity contribution in [2.45, 2.75) is 32.0 Å². The van der Waals surface area contributed by atoms with Crippen molar-refractivity contribution < 1.29 is 15.0 Å². The van der Waals surface area contributed by atoms with Gasteiger partial charge in [0, 0.05) is 31.7 Å². The molecule has 2 aromatic rings. The van der Waals surface area contributed by atoms with Crippen LogP contribution in [0.3, 0.4) is 0 Å². The molecule has 2 unspecified atom stereocenters. The van der Waals surface area contributed by atoms with Gasteiger partial charge in [-0.15, -0.1) is 0 Å². The van der Waals surface area contributed by atoms with Gasteiger partial charge < -0.3 is 20.0 Å². The summed E-state index contributed by atoms with van der Waals surface area (Å²) in [5, 5.41) is 28.4. The summed E-state index contributed by atoms with van der Waals surface area (Å²) >= 11 is 6.27. The molecule has 2 atom stereocenters. The number of hydrogen-bond acceptors (Lipinski definition) is 5. The van der Waals surface area contributed by atoms with Crippen molar-refractivity contribution in [3.63, 3.8) is 0 Å². The van der Waals surface area contributed by atoms with Crippen LogP contribution in [0, 0.1) is 18.3 Å². The average molecular weight is 414 g/mol. The summed E-state index contributed by atoms with van der Waals surface area (Å²) in [6, 6.07) is 15.3. The highest BCUT2D eigenvalue weighted by atomic mass is 35.5. The monoisotopic (exact) mass is 413 g/mol. The van der Waals surface area contributed by atoms with Gasteiger partial charge in [-0.05, 0) is 36.2 Å². The van der Waals surface area contributed by atoms with Gasteiger partial charge in [0.05, 0.1) is 29.3 Å². The van der Waals surface area contributed by atoms with Gasteiger partial charge >= 0.3 is 0 Å². The third-order valence-corrected chi connectivity index (χ3v) is 5.60. The normalized spacial score (nSPS) is 17.3. The standard InChI is InChI=1S/C22H24ClN3O3/c1-15-4-2-3-5-17(15)11-26(18-7-6-16(10-24)21(23)8-18)19-9-22(29)25(12-19)13-20(28)14-27/h2-8,19-20,27-28H,9,11-14H2,1H3. The molecule has 29 heavy (non-hydrogen) atoms. The number of carbonyl (C=O) groups is 1. The molecule has 1 aliphatic rings. The Morgan fingerprint density at radius 3 is 2.76 bits per heavy atom. The fourth-order valence-electron chi connectivity index (χ4n) is 3.62. The number of carbonyl (C=O) groups excluding carboxylic acids is 1. The second-order valence-electron chi connectivity index (χ2n) is 7.32. The first kappa shape index (κ1) is 21.1. The molecule has 0 aliphatic carbocycles. The minimum absolute atomic E-state index is 0.0583. The van der Waals surface area contributed by atoms with Crippen LogP contribution in [0.2, 0.25) is 5.02 Å². The minimum Gasteiger partial charge on any atom is -0.394 e. The van der Waals surface area contributed by atoms with E-state index in [4.69, 9.17) is 22.0 Å². The van der Waals surface area contributed by atoms with Crippen LogP contribution in [0.15, 0.2) is 42.5 Å². The van der Waals surface area contributed by atoms with E-state index in [-0.39, 0.29) is 25.1 Å². The number of likely N-dealkylation sites (tertiary alicyclic amines) is 1. The lowest BCUT2D eigenvalue weighted by molar-refractivity contribution is -0.129. The summed E-state index contributed by atoms with van der Waals surface area (Å²) in [6.45, 7) is 2.80. The van der Waals surface area contributed by atoms with Gasteiger partial charge in [0.25, 0.3) is 0 Å². The number of amides is 1. The van der Waals surface area contributed by atoms with Crippen LogP contribution in [-0.4, -0.2) is 52.9 Å². The molecule has 1 saturated heterocycles. The zero-order valence-electron chi connectivity index (χ0n) is 16.3. The van der Waals surface area contributed by atoms with Crippen molar-refractivity contribution in [3.8, 4) is 6.07 Å². The fraction of sp³-hybridized carbons (Fsp3) is 0.364. The largest absolute Gasteiger partial charge is 0.394 e. The maximum absolute atomic E-state index is 12.5. The topological polar surface area (TPSA) is 87.8 Å². The van der Waals surface area contributed by atoms with Crippen LogP contribution in [0.5, 0.6) is 0 Å². The van der Waals surface area contributed by atoms with E-state index in [0.717, 1.165) is 16.8 Å². The van der Waals surface area contributed by atoms with Gasteiger partial charge in [-0.3, -0.25) is 4.79 Å². The second kappa shape index (κ2) is 9.27. The number of anilines is 1. The number of β-amino-alcohol motifs (C(OH)–C–C–N with tert-alkyl or cyclic N) is 1. The molecule has 1 fully saturated rings. The quantitative estimate of drug-likeness (QED) is 0.728. The highest BCUT2D eigenvalue weighted by Crippen LogP contribution is 2.30. The van der Waals surface area contributed by atoms with Crippen LogP contribution in [0.1, 0.15) is 23.1 Å². The zero-order valence-corrected chi connectivity index (χ0v) is 17.0. The number of aliphatic hydroxyl groups is 2. The van der Waals surface area contributed by atoms with Crippen molar-refractivity contribution in [2.75, 3.05) is 24.6 Å². The van der Waals surface area contributed by atoms with Crippen molar-refractivity contribution in [3.05, 3.63) is 64.2 Å². The Morgan fingerprint density at radius 2 is 2.10 bits per heavy atom. The van der Waals surface area contributed by atoms with E-state index in [1.54, 1.807) is 17.0 Å². The highest BCUT2D eigenvalue weighted by molar-refractivity contribution is 6.32. The first-order valence-corrected chi connectivity index (χ1v) is 9.88. The van der Waals surface area contributed by atoms with Crippen LogP contribution >= 0.6 is 11.6 Å². The summed E-state index contributed by atoms with van der Waals surface area (Å²) < 4.78 is 0. The first-order chi connectivity index (χ1) is 13.9. The molecule has 1 amide bonds. The lowest BCUT2D eigenvalue weighted by Crippen LogP contribution is -2.40. The molecule has 0 spiro atoms. The molecule has 0 saturated carbocycles. The van der Waals surface area contributed by atoms with Crippen LogP contribution < -0.4 is 4.90 Å². The number of benzene rings is 2. The Bertz CT molecular complexity index is 928. The Balaban J connectivity index is 1.91. The number of nitriles is 1. The van der Waals surface area contributed by atoms with Gasteiger partial charge in [-0.1, -0.05) is 35.9 Å². The fourth-order valence-corrected chi connectivity index (χ4v) is 3.84. The average Bonchev–Trinajstić information content (AvgIpc) is 3.07. The van der Waals surface area contributed by atoms with E-state index in [1.165, 1.54) is 0 Å². The van der Waals surface area contributed by atoms with Gasteiger partial charge in [-0.2, -0.15) is 5.26 Å². The maximum atomic E-state index is 12.5. The van der Waals surface area contributed by atoms with E-state index in [2.05, 4.69) is 17.0 Å². The summed E-state index contributed by atoms with van der Waals surface area (Å²) in [7, 11) is 0.